The molecule has 0 aliphatic carbocycles. The molecule has 5 aromatic rings. The van der Waals surface area contributed by atoms with Crippen LogP contribution in [0.15, 0.2) is 73.1 Å². The third kappa shape index (κ3) is 4.51. The van der Waals surface area contributed by atoms with Crippen LogP contribution in [0, 0.1) is 0 Å². The number of hydrogen-bond donors (Lipinski definition) is 4. The number of anilines is 1. The highest BCUT2D eigenvalue weighted by molar-refractivity contribution is 5.84. The van der Waals surface area contributed by atoms with Crippen LogP contribution < -0.4 is 10.5 Å². The molecule has 0 spiro atoms. The van der Waals surface area contributed by atoms with Gasteiger partial charge in [0.25, 0.3) is 0 Å². The maximum Gasteiger partial charge on any atom is 0.492 e. The Morgan fingerprint density at radius 3 is 2.37 bits per heavy atom. The van der Waals surface area contributed by atoms with E-state index in [-0.39, 0.29) is 12.4 Å². The summed E-state index contributed by atoms with van der Waals surface area (Å²) in [4.78, 5) is 17.9. The molecule has 4 aromatic heterocycles. The Kier molecular flexibility index (Phi) is 5.57. The van der Waals surface area contributed by atoms with Gasteiger partial charge in [0.05, 0.1) is 29.8 Å². The third-order valence-corrected chi connectivity index (χ3v) is 5.21. The topological polar surface area (TPSA) is 152 Å². The van der Waals surface area contributed by atoms with E-state index in [1.54, 1.807) is 36.5 Å². The van der Waals surface area contributed by atoms with Gasteiger partial charge in [-0.25, -0.2) is 15.0 Å². The molecule has 0 fully saturated rings. The van der Waals surface area contributed by atoms with Crippen LogP contribution in [-0.2, 0) is 6.61 Å². The summed E-state index contributed by atoms with van der Waals surface area (Å²) in [5.41, 5.74) is 10.3. The summed E-state index contributed by atoms with van der Waals surface area (Å²) in [6.45, 7) is -0.0861. The van der Waals surface area contributed by atoms with Crippen molar-refractivity contribution in [1.29, 1.82) is 0 Å². The predicted octanol–water partition coefficient (Wildman–Crippen LogP) is 2.56. The van der Waals surface area contributed by atoms with Crippen LogP contribution in [-0.4, -0.2) is 46.0 Å². The second-order valence-electron chi connectivity index (χ2n) is 7.58. The molecule has 0 bridgehead atoms. The molecule has 0 unspecified atom stereocenters. The summed E-state index contributed by atoms with van der Waals surface area (Å²) >= 11 is 0. The molecule has 0 amide bonds. The lowest BCUT2D eigenvalue weighted by atomic mass is 10.2. The van der Waals surface area contributed by atoms with Gasteiger partial charge >= 0.3 is 6.23 Å². The molecule has 5 rings (SSSR count). The lowest BCUT2D eigenvalue weighted by Gasteiger charge is -2.13. The highest BCUT2D eigenvalue weighted by atomic mass is 19.2. The molecular weight excluding hydrogens is 455 g/mol. The lowest BCUT2D eigenvalue weighted by molar-refractivity contribution is -0.375. The van der Waals surface area contributed by atoms with Gasteiger partial charge < -0.3 is 25.8 Å². The summed E-state index contributed by atoms with van der Waals surface area (Å²) in [6, 6.07) is 17.2. The van der Waals surface area contributed by atoms with E-state index < -0.39 is 6.23 Å². The standard InChI is InChI=1S/C24H19FN6O4/c25-24(33,34)35-16-7-8-18(28-12-16)19-9-10-20-23(29-19)31(15-5-3-14(13-32)4-6-15)22(30-20)17-2-1-11-27-21(17)26/h1-12,32-34H,13H2,(H2,26,27). The molecule has 11 heteroatoms. The number of hydrogen-bond acceptors (Lipinski definition) is 9. The molecule has 5 N–H and O–H groups in total. The van der Waals surface area contributed by atoms with E-state index in [0.29, 0.717) is 39.8 Å². The molecule has 4 heterocycles. The van der Waals surface area contributed by atoms with Crippen LogP contribution in [0.3, 0.4) is 0 Å². The third-order valence-electron chi connectivity index (χ3n) is 5.21. The summed E-state index contributed by atoms with van der Waals surface area (Å²) < 4.78 is 19.1. The number of fused-ring (bicyclic) bond motifs is 1. The second kappa shape index (κ2) is 8.72. The highest BCUT2D eigenvalue weighted by Crippen LogP contribution is 2.31. The summed E-state index contributed by atoms with van der Waals surface area (Å²) in [7, 11) is 0. The molecule has 0 saturated carbocycles. The van der Waals surface area contributed by atoms with Crippen LogP contribution in [0.4, 0.5) is 10.2 Å². The lowest BCUT2D eigenvalue weighted by Crippen LogP contribution is -2.29. The van der Waals surface area contributed by atoms with Gasteiger partial charge in [0, 0.05) is 11.9 Å². The first-order valence-corrected chi connectivity index (χ1v) is 10.4. The van der Waals surface area contributed by atoms with Crippen LogP contribution in [0.5, 0.6) is 5.75 Å². The number of ether oxygens (including phenoxy) is 1. The first-order chi connectivity index (χ1) is 16.8. The maximum absolute atomic E-state index is 12.9. The summed E-state index contributed by atoms with van der Waals surface area (Å²) in [6.07, 6.45) is -1.06. The Morgan fingerprint density at radius 1 is 0.943 bits per heavy atom. The molecular formula is C24H19FN6O4. The number of nitrogens with zero attached hydrogens (tertiary/aromatic N) is 5. The van der Waals surface area contributed by atoms with E-state index >= 15 is 0 Å². The molecule has 176 valence electrons. The second-order valence-corrected chi connectivity index (χ2v) is 7.58. The van der Waals surface area contributed by atoms with Crippen molar-refractivity contribution in [2.24, 2.45) is 0 Å². The zero-order chi connectivity index (χ0) is 24.6. The van der Waals surface area contributed by atoms with E-state index in [9.17, 15) is 9.50 Å². The van der Waals surface area contributed by atoms with Crippen molar-refractivity contribution in [2.45, 2.75) is 12.8 Å². The van der Waals surface area contributed by atoms with Crippen molar-refractivity contribution in [3.63, 3.8) is 0 Å². The number of alkyl halides is 1. The minimum absolute atomic E-state index is 0.0861. The number of aliphatic hydroxyl groups excluding tert-OH is 1. The molecule has 1 aromatic carbocycles. The Hall–Kier alpha value is -4.45. The first kappa shape index (κ1) is 22.3. The number of nitrogens with two attached hydrogens (primary N) is 1. The number of benzene rings is 1. The largest absolute Gasteiger partial charge is 0.492 e. The number of aliphatic hydroxyl groups is 3. The average molecular weight is 474 g/mol. The van der Waals surface area contributed by atoms with E-state index in [4.69, 9.17) is 25.9 Å². The highest BCUT2D eigenvalue weighted by Gasteiger charge is 2.24. The predicted molar refractivity (Wildman–Crippen MR) is 125 cm³/mol. The molecule has 0 atom stereocenters. The van der Waals surface area contributed by atoms with Gasteiger partial charge in [0.15, 0.2) is 11.5 Å². The molecule has 35 heavy (non-hydrogen) atoms. The van der Waals surface area contributed by atoms with Crippen LogP contribution in [0.2, 0.25) is 0 Å². The Balaban J connectivity index is 1.66. The van der Waals surface area contributed by atoms with Crippen molar-refractivity contribution in [1.82, 2.24) is 24.5 Å². The fourth-order valence-corrected chi connectivity index (χ4v) is 3.62. The number of rotatable bonds is 6. The van der Waals surface area contributed by atoms with E-state index in [1.807, 2.05) is 22.8 Å². The normalized spacial score (nSPS) is 11.7. The Labute approximate surface area is 197 Å². The Morgan fingerprint density at radius 2 is 1.71 bits per heavy atom. The zero-order valence-corrected chi connectivity index (χ0v) is 18.1. The van der Waals surface area contributed by atoms with Crippen molar-refractivity contribution in [3.8, 4) is 34.2 Å². The van der Waals surface area contributed by atoms with Gasteiger partial charge in [-0.05, 0) is 54.1 Å². The quantitative estimate of drug-likeness (QED) is 0.272. The van der Waals surface area contributed by atoms with Gasteiger partial charge in [-0.1, -0.05) is 12.1 Å². The van der Waals surface area contributed by atoms with Gasteiger partial charge in [-0.3, -0.25) is 9.55 Å². The monoisotopic (exact) mass is 474 g/mol. The van der Waals surface area contributed by atoms with Gasteiger partial charge in [-0.15, -0.1) is 4.39 Å². The fraction of sp³-hybridized carbons (Fsp3) is 0.0833. The van der Waals surface area contributed by atoms with Gasteiger partial charge in [-0.2, -0.15) is 0 Å². The minimum atomic E-state index is -3.80. The minimum Gasteiger partial charge on any atom is -0.412 e. The number of pyridine rings is 3. The SMILES string of the molecule is Nc1ncccc1-c1nc2ccc(-c3ccc(OC(O)(O)F)cn3)nc2n1-c1ccc(CO)cc1. The zero-order valence-electron chi connectivity index (χ0n) is 18.1. The summed E-state index contributed by atoms with van der Waals surface area (Å²) in [5.74, 6) is 0.671. The number of nitrogen functional groups attached to an aromatic ring is 1. The average Bonchev–Trinajstić information content (AvgIpc) is 3.22. The van der Waals surface area contributed by atoms with Crippen molar-refractivity contribution in [2.75, 3.05) is 5.73 Å². The van der Waals surface area contributed by atoms with E-state index in [0.717, 1.165) is 17.4 Å². The fourth-order valence-electron chi connectivity index (χ4n) is 3.62. The number of halogens is 1. The number of aromatic nitrogens is 5. The van der Waals surface area contributed by atoms with Gasteiger partial charge in [0.2, 0.25) is 0 Å². The first-order valence-electron chi connectivity index (χ1n) is 10.4. The molecule has 0 saturated heterocycles. The molecule has 0 aliphatic rings. The van der Waals surface area contributed by atoms with E-state index in [2.05, 4.69) is 14.7 Å². The van der Waals surface area contributed by atoms with E-state index in [1.165, 1.54) is 12.1 Å². The Bertz CT molecular complexity index is 1500. The van der Waals surface area contributed by atoms with Crippen LogP contribution >= 0.6 is 0 Å². The van der Waals surface area contributed by atoms with Gasteiger partial charge in [0.1, 0.15) is 17.1 Å². The summed E-state index contributed by atoms with van der Waals surface area (Å²) in [5, 5.41) is 26.9. The molecule has 0 aliphatic heterocycles. The smallest absolute Gasteiger partial charge is 0.412 e. The van der Waals surface area contributed by atoms with Crippen LogP contribution in [0.1, 0.15) is 5.56 Å². The van der Waals surface area contributed by atoms with Crippen molar-refractivity contribution < 1.29 is 24.4 Å². The molecule has 10 nitrogen and oxygen atoms in total. The van der Waals surface area contributed by atoms with Crippen molar-refractivity contribution >= 4 is 17.0 Å². The molecule has 0 radical (unpaired) electrons. The number of imidazole rings is 1. The maximum atomic E-state index is 12.9. The van der Waals surface area contributed by atoms with Crippen LogP contribution in [0.25, 0.3) is 39.6 Å². The van der Waals surface area contributed by atoms with Crippen molar-refractivity contribution in [3.05, 3.63) is 78.6 Å².